The SMILES string of the molecule is CO[C@H]1O[C@@H](CO)[C@@H](O)[C@@H](NC(=O)CNC(=O)OCc2ccccc2)[C@@H]1O. The van der Waals surface area contributed by atoms with Crippen LogP contribution >= 0.6 is 0 Å². The maximum atomic E-state index is 12.0. The molecule has 0 unspecified atom stereocenters. The van der Waals surface area contributed by atoms with Crippen molar-refractivity contribution in [3.63, 3.8) is 0 Å². The van der Waals surface area contributed by atoms with Crippen LogP contribution in [0, 0.1) is 0 Å². The van der Waals surface area contributed by atoms with Gasteiger partial charge >= 0.3 is 6.09 Å². The van der Waals surface area contributed by atoms with E-state index >= 15 is 0 Å². The second-order valence-electron chi connectivity index (χ2n) is 5.95. The fourth-order valence-corrected chi connectivity index (χ4v) is 2.62. The summed E-state index contributed by atoms with van der Waals surface area (Å²) in [5.74, 6) is -0.664. The molecule has 150 valence electrons. The van der Waals surface area contributed by atoms with Crippen molar-refractivity contribution in [1.82, 2.24) is 10.6 Å². The number of hydrogen-bond acceptors (Lipinski definition) is 8. The van der Waals surface area contributed by atoms with Crippen LogP contribution in [0.5, 0.6) is 0 Å². The van der Waals surface area contributed by atoms with Crippen molar-refractivity contribution in [1.29, 1.82) is 0 Å². The van der Waals surface area contributed by atoms with Crippen LogP contribution in [0.1, 0.15) is 5.56 Å². The molecular formula is C17H24N2O8. The van der Waals surface area contributed by atoms with E-state index in [1.54, 1.807) is 12.1 Å². The van der Waals surface area contributed by atoms with Gasteiger partial charge in [0.25, 0.3) is 0 Å². The molecule has 10 heteroatoms. The zero-order valence-electron chi connectivity index (χ0n) is 14.8. The summed E-state index contributed by atoms with van der Waals surface area (Å²) in [6.45, 7) is -0.893. The van der Waals surface area contributed by atoms with E-state index in [9.17, 15) is 24.9 Å². The first kappa shape index (κ1) is 21.1. The van der Waals surface area contributed by atoms with Crippen molar-refractivity contribution >= 4 is 12.0 Å². The molecule has 0 aliphatic carbocycles. The average molecular weight is 384 g/mol. The molecule has 5 N–H and O–H groups in total. The van der Waals surface area contributed by atoms with Crippen molar-refractivity contribution in [2.45, 2.75) is 37.3 Å². The van der Waals surface area contributed by atoms with Crippen LogP contribution in [0.25, 0.3) is 0 Å². The smallest absolute Gasteiger partial charge is 0.407 e. The summed E-state index contributed by atoms with van der Waals surface area (Å²) in [5, 5.41) is 34.2. The van der Waals surface area contributed by atoms with Crippen molar-refractivity contribution in [2.75, 3.05) is 20.3 Å². The molecule has 1 aromatic rings. The third-order valence-electron chi connectivity index (χ3n) is 4.05. The molecule has 1 saturated heterocycles. The molecule has 1 aliphatic rings. The minimum absolute atomic E-state index is 0.0549. The van der Waals surface area contributed by atoms with Gasteiger partial charge in [-0.3, -0.25) is 4.79 Å². The van der Waals surface area contributed by atoms with E-state index in [-0.39, 0.29) is 6.61 Å². The minimum atomic E-state index is -1.36. The Morgan fingerprint density at radius 3 is 2.52 bits per heavy atom. The fourth-order valence-electron chi connectivity index (χ4n) is 2.62. The van der Waals surface area contributed by atoms with Gasteiger partial charge in [-0.25, -0.2) is 4.79 Å². The number of nitrogens with one attached hydrogen (secondary N) is 2. The number of methoxy groups -OCH3 is 1. The molecule has 5 atom stereocenters. The highest BCUT2D eigenvalue weighted by Gasteiger charge is 2.45. The Hall–Kier alpha value is -2.24. The highest BCUT2D eigenvalue weighted by molar-refractivity contribution is 5.82. The zero-order chi connectivity index (χ0) is 19.8. The van der Waals surface area contributed by atoms with E-state index in [2.05, 4.69) is 10.6 Å². The van der Waals surface area contributed by atoms with Crippen molar-refractivity contribution < 1.29 is 39.1 Å². The quantitative estimate of drug-likeness (QED) is 0.381. The fraction of sp³-hybridized carbons (Fsp3) is 0.529. The molecule has 0 bridgehead atoms. The van der Waals surface area contributed by atoms with E-state index in [0.717, 1.165) is 5.56 Å². The van der Waals surface area contributed by atoms with Gasteiger partial charge in [0.15, 0.2) is 6.29 Å². The molecule has 1 heterocycles. The number of carbonyl (C=O) groups excluding carboxylic acids is 2. The molecule has 10 nitrogen and oxygen atoms in total. The summed E-state index contributed by atoms with van der Waals surface area (Å²) in [6.07, 6.45) is -5.66. The monoisotopic (exact) mass is 384 g/mol. The third-order valence-corrected chi connectivity index (χ3v) is 4.05. The van der Waals surface area contributed by atoms with Crippen molar-refractivity contribution in [2.24, 2.45) is 0 Å². The molecule has 1 aliphatic heterocycles. The summed E-state index contributed by atoms with van der Waals surface area (Å²) in [4.78, 5) is 23.7. The highest BCUT2D eigenvalue weighted by Crippen LogP contribution is 2.21. The Labute approximate surface area is 156 Å². The third kappa shape index (κ3) is 5.88. The number of carbonyl (C=O) groups is 2. The first-order valence-corrected chi connectivity index (χ1v) is 8.35. The second kappa shape index (κ2) is 10.2. The molecule has 2 amide bonds. The van der Waals surface area contributed by atoms with Crippen LogP contribution in [-0.2, 0) is 25.6 Å². The molecule has 0 aromatic heterocycles. The number of rotatable bonds is 7. The predicted molar refractivity (Wildman–Crippen MR) is 91.3 cm³/mol. The van der Waals surface area contributed by atoms with Gasteiger partial charge in [0.2, 0.25) is 5.91 Å². The van der Waals surface area contributed by atoms with Gasteiger partial charge in [-0.1, -0.05) is 30.3 Å². The number of aliphatic hydroxyl groups is 3. The minimum Gasteiger partial charge on any atom is -0.445 e. The number of alkyl carbamates (subject to hydrolysis) is 1. The first-order chi connectivity index (χ1) is 13.0. The summed E-state index contributed by atoms with van der Waals surface area (Å²) in [6, 6.07) is 7.89. The largest absolute Gasteiger partial charge is 0.445 e. The van der Waals surface area contributed by atoms with Crippen LogP contribution in [0.15, 0.2) is 30.3 Å². The van der Waals surface area contributed by atoms with Gasteiger partial charge in [0.1, 0.15) is 31.5 Å². The molecule has 2 rings (SSSR count). The van der Waals surface area contributed by atoms with Crippen LogP contribution < -0.4 is 10.6 Å². The van der Waals surface area contributed by atoms with Gasteiger partial charge in [0, 0.05) is 7.11 Å². The van der Waals surface area contributed by atoms with E-state index in [0.29, 0.717) is 0 Å². The summed E-state index contributed by atoms with van der Waals surface area (Å²) < 4.78 is 15.1. The molecule has 1 aromatic carbocycles. The Kier molecular flexibility index (Phi) is 7.95. The standard InChI is InChI=1S/C17H24N2O8/c1-25-16-15(23)13(14(22)11(8-20)27-16)19-12(21)7-18-17(24)26-9-10-5-3-2-4-6-10/h2-6,11,13-16,20,22-23H,7-9H2,1H3,(H,18,24)(H,19,21)/t11-,13+,14+,15-,16-/m0/s1. The molecule has 1 fully saturated rings. The normalized spacial score (nSPS) is 27.6. The molecule has 27 heavy (non-hydrogen) atoms. The van der Waals surface area contributed by atoms with E-state index in [4.69, 9.17) is 14.2 Å². The van der Waals surface area contributed by atoms with Crippen LogP contribution in [0.3, 0.4) is 0 Å². The topological polar surface area (TPSA) is 147 Å². The molecule has 0 radical (unpaired) electrons. The van der Waals surface area contributed by atoms with Gasteiger partial charge < -0.3 is 40.2 Å². The Bertz CT molecular complexity index is 598. The average Bonchev–Trinajstić information content (AvgIpc) is 2.69. The number of benzene rings is 1. The molecule has 0 spiro atoms. The maximum Gasteiger partial charge on any atom is 0.407 e. The van der Waals surface area contributed by atoms with E-state index < -0.39 is 55.8 Å². The summed E-state index contributed by atoms with van der Waals surface area (Å²) in [7, 11) is 1.28. The predicted octanol–water partition coefficient (Wildman–Crippen LogP) is -1.52. The number of aliphatic hydroxyl groups excluding tert-OH is 3. The number of ether oxygens (including phenoxy) is 3. The van der Waals surface area contributed by atoms with E-state index in [1.165, 1.54) is 7.11 Å². The lowest BCUT2D eigenvalue weighted by molar-refractivity contribution is -0.271. The van der Waals surface area contributed by atoms with Crippen LogP contribution in [0.4, 0.5) is 4.79 Å². The van der Waals surface area contributed by atoms with E-state index in [1.807, 2.05) is 18.2 Å². The van der Waals surface area contributed by atoms with Gasteiger partial charge in [-0.15, -0.1) is 0 Å². The summed E-state index contributed by atoms with van der Waals surface area (Å²) >= 11 is 0. The van der Waals surface area contributed by atoms with Gasteiger partial charge in [-0.2, -0.15) is 0 Å². The van der Waals surface area contributed by atoms with Crippen LogP contribution in [-0.4, -0.2) is 78.2 Å². The lowest BCUT2D eigenvalue weighted by Crippen LogP contribution is -2.65. The maximum absolute atomic E-state index is 12.0. The van der Waals surface area contributed by atoms with Gasteiger partial charge in [0.05, 0.1) is 12.6 Å². The number of hydrogen-bond donors (Lipinski definition) is 5. The van der Waals surface area contributed by atoms with Crippen LogP contribution in [0.2, 0.25) is 0 Å². The summed E-state index contributed by atoms with van der Waals surface area (Å²) in [5.41, 5.74) is 0.797. The lowest BCUT2D eigenvalue weighted by atomic mass is 9.96. The second-order valence-corrected chi connectivity index (χ2v) is 5.95. The van der Waals surface area contributed by atoms with Crippen molar-refractivity contribution in [3.8, 4) is 0 Å². The highest BCUT2D eigenvalue weighted by atomic mass is 16.7. The first-order valence-electron chi connectivity index (χ1n) is 8.35. The Balaban J connectivity index is 1.80. The van der Waals surface area contributed by atoms with Crippen molar-refractivity contribution in [3.05, 3.63) is 35.9 Å². The Morgan fingerprint density at radius 2 is 1.89 bits per heavy atom. The Morgan fingerprint density at radius 1 is 1.19 bits per heavy atom. The van der Waals surface area contributed by atoms with Gasteiger partial charge in [-0.05, 0) is 5.56 Å². The molecular weight excluding hydrogens is 360 g/mol. The molecule has 0 saturated carbocycles. The zero-order valence-corrected chi connectivity index (χ0v) is 14.8. The lowest BCUT2D eigenvalue weighted by Gasteiger charge is -2.41. The number of amides is 2.